The van der Waals surface area contributed by atoms with Crippen LogP contribution < -0.4 is 11.1 Å². The number of amides is 1. The molecule has 5 atom stereocenters. The minimum absolute atomic E-state index is 0.0254. The molecule has 1 amide bonds. The van der Waals surface area contributed by atoms with Gasteiger partial charge in [-0.3, -0.25) is 14.4 Å². The first kappa shape index (κ1) is 16.9. The summed E-state index contributed by atoms with van der Waals surface area (Å²) in [6.07, 6.45) is -0.0552. The summed E-state index contributed by atoms with van der Waals surface area (Å²) in [5, 5.41) is 30.0. The molecule has 0 radical (unpaired) electrons. The zero-order valence-corrected chi connectivity index (χ0v) is 12.9. The van der Waals surface area contributed by atoms with Crippen molar-refractivity contribution in [1.82, 2.24) is 5.32 Å². The van der Waals surface area contributed by atoms with Crippen LogP contribution in [0.1, 0.15) is 27.1 Å². The maximum absolute atomic E-state index is 12.3. The van der Waals surface area contributed by atoms with E-state index in [4.69, 9.17) is 10.8 Å². The molecule has 2 fully saturated rings. The minimum Gasteiger partial charge on any atom is -0.481 e. The smallest absolute Gasteiger partial charge is 0.335 e. The number of carboxylic acids is 3. The molecular weight excluding hydrogens is 332 g/mol. The number of aromatic carboxylic acids is 1. The maximum Gasteiger partial charge on any atom is 0.335 e. The highest BCUT2D eigenvalue weighted by atomic mass is 16.4. The number of carbonyl (C=O) groups is 4. The first-order chi connectivity index (χ1) is 11.7. The van der Waals surface area contributed by atoms with E-state index < -0.39 is 53.1 Å². The van der Waals surface area contributed by atoms with E-state index in [2.05, 4.69) is 5.32 Å². The molecule has 0 unspecified atom stereocenters. The lowest BCUT2D eigenvalue weighted by Gasteiger charge is -2.25. The van der Waals surface area contributed by atoms with Crippen LogP contribution in [0.4, 0.5) is 0 Å². The number of hydrogen-bond donors (Lipinski definition) is 5. The van der Waals surface area contributed by atoms with Gasteiger partial charge in [0.1, 0.15) is 5.54 Å². The number of hydrogen-bond acceptors (Lipinski definition) is 5. The summed E-state index contributed by atoms with van der Waals surface area (Å²) >= 11 is 0. The average Bonchev–Trinajstić information content (AvgIpc) is 3.24. The highest BCUT2D eigenvalue weighted by Gasteiger charge is 2.74. The van der Waals surface area contributed by atoms with Crippen molar-refractivity contribution in [2.45, 2.75) is 18.0 Å². The summed E-state index contributed by atoms with van der Waals surface area (Å²) in [5.41, 5.74) is 4.43. The molecule has 2 aliphatic carbocycles. The molecule has 6 N–H and O–H groups in total. The van der Waals surface area contributed by atoms with Gasteiger partial charge in [-0.2, -0.15) is 0 Å². The lowest BCUT2D eigenvalue weighted by Crippen LogP contribution is -2.52. The van der Waals surface area contributed by atoms with Crippen LogP contribution in [0.2, 0.25) is 0 Å². The van der Waals surface area contributed by atoms with Crippen molar-refractivity contribution in [3.63, 3.8) is 0 Å². The third kappa shape index (κ3) is 2.62. The van der Waals surface area contributed by atoms with Crippen LogP contribution in [0.25, 0.3) is 0 Å². The summed E-state index contributed by atoms with van der Waals surface area (Å²) in [6.45, 7) is 0. The fourth-order valence-electron chi connectivity index (χ4n) is 3.85. The van der Waals surface area contributed by atoms with Crippen LogP contribution in [0.3, 0.4) is 0 Å². The van der Waals surface area contributed by atoms with E-state index >= 15 is 0 Å². The fraction of sp³-hybridized carbons (Fsp3) is 0.375. The Bertz CT molecular complexity index is 775. The SMILES string of the molecule is N[C@]1(C(=O)O)C[C@@H](NC(=O)c2ccc(C(=O)O)cc2)[C@@H]2[C@@H](C(=O)O)[C@H]21. The van der Waals surface area contributed by atoms with E-state index in [-0.39, 0.29) is 17.5 Å². The monoisotopic (exact) mass is 348 g/mol. The number of carbonyl (C=O) groups excluding carboxylic acids is 1. The van der Waals surface area contributed by atoms with Crippen molar-refractivity contribution in [2.24, 2.45) is 23.5 Å². The summed E-state index contributed by atoms with van der Waals surface area (Å²) in [6, 6.07) is 4.55. The van der Waals surface area contributed by atoms with Gasteiger partial charge in [-0.1, -0.05) is 0 Å². The molecule has 9 heteroatoms. The van der Waals surface area contributed by atoms with E-state index in [0.717, 1.165) is 0 Å². The quantitative estimate of drug-likeness (QED) is 0.480. The Morgan fingerprint density at radius 1 is 1.04 bits per heavy atom. The highest BCUT2D eigenvalue weighted by Crippen LogP contribution is 2.61. The van der Waals surface area contributed by atoms with E-state index in [1.165, 1.54) is 24.3 Å². The topological polar surface area (TPSA) is 167 Å². The van der Waals surface area contributed by atoms with Crippen LogP contribution in [-0.2, 0) is 9.59 Å². The summed E-state index contributed by atoms with van der Waals surface area (Å²) < 4.78 is 0. The van der Waals surface area contributed by atoms with Gasteiger partial charge in [0.15, 0.2) is 0 Å². The number of nitrogens with one attached hydrogen (secondary N) is 1. The zero-order chi connectivity index (χ0) is 18.5. The molecule has 25 heavy (non-hydrogen) atoms. The van der Waals surface area contributed by atoms with Crippen molar-refractivity contribution in [3.8, 4) is 0 Å². The number of aliphatic carboxylic acids is 2. The first-order valence-corrected chi connectivity index (χ1v) is 7.56. The molecule has 0 saturated heterocycles. The van der Waals surface area contributed by atoms with Crippen molar-refractivity contribution in [1.29, 1.82) is 0 Å². The molecule has 2 saturated carbocycles. The Balaban J connectivity index is 1.76. The Morgan fingerprint density at radius 2 is 1.60 bits per heavy atom. The summed E-state index contributed by atoms with van der Waals surface area (Å²) in [5.74, 6) is -6.21. The molecule has 0 heterocycles. The van der Waals surface area contributed by atoms with Crippen LogP contribution >= 0.6 is 0 Å². The average molecular weight is 348 g/mol. The number of rotatable bonds is 5. The Morgan fingerprint density at radius 3 is 2.08 bits per heavy atom. The predicted octanol–water partition coefficient (Wildman–Crippen LogP) is -0.384. The van der Waals surface area contributed by atoms with Crippen LogP contribution in [0.5, 0.6) is 0 Å². The number of carboxylic acid groups (broad SMARTS) is 3. The Kier molecular flexibility index (Phi) is 3.76. The van der Waals surface area contributed by atoms with Gasteiger partial charge in [0.25, 0.3) is 5.91 Å². The molecule has 1 aromatic rings. The van der Waals surface area contributed by atoms with E-state index in [1.54, 1.807) is 0 Å². The molecule has 3 rings (SSSR count). The molecular formula is C16H16N2O7. The van der Waals surface area contributed by atoms with Gasteiger partial charge in [-0.25, -0.2) is 4.79 Å². The van der Waals surface area contributed by atoms with Crippen molar-refractivity contribution in [3.05, 3.63) is 35.4 Å². The maximum atomic E-state index is 12.3. The van der Waals surface area contributed by atoms with E-state index in [0.29, 0.717) is 0 Å². The van der Waals surface area contributed by atoms with Crippen LogP contribution in [0, 0.1) is 17.8 Å². The second-order valence-corrected chi connectivity index (χ2v) is 6.48. The van der Waals surface area contributed by atoms with Gasteiger partial charge in [0.2, 0.25) is 0 Å². The second kappa shape index (κ2) is 5.55. The van der Waals surface area contributed by atoms with Crippen molar-refractivity contribution in [2.75, 3.05) is 0 Å². The lowest BCUT2D eigenvalue weighted by molar-refractivity contribution is -0.145. The largest absolute Gasteiger partial charge is 0.481 e. The summed E-state index contributed by atoms with van der Waals surface area (Å²) in [4.78, 5) is 45.8. The van der Waals surface area contributed by atoms with Crippen LogP contribution in [-0.4, -0.2) is 50.7 Å². The van der Waals surface area contributed by atoms with Gasteiger partial charge >= 0.3 is 17.9 Å². The molecule has 132 valence electrons. The third-order valence-corrected chi connectivity index (χ3v) is 5.09. The molecule has 0 bridgehead atoms. The first-order valence-electron chi connectivity index (χ1n) is 7.56. The van der Waals surface area contributed by atoms with Crippen molar-refractivity contribution >= 4 is 23.8 Å². The fourth-order valence-corrected chi connectivity index (χ4v) is 3.85. The minimum atomic E-state index is -1.68. The van der Waals surface area contributed by atoms with Gasteiger partial charge in [0, 0.05) is 17.5 Å². The highest BCUT2D eigenvalue weighted by molar-refractivity contribution is 5.96. The lowest BCUT2D eigenvalue weighted by atomic mass is 9.90. The molecule has 2 aliphatic rings. The number of benzene rings is 1. The standard InChI is InChI=1S/C16H16N2O7/c17-16(15(24)25)5-8(9-10(11(9)16)14(22)23)18-12(19)6-1-3-7(4-2-6)13(20)21/h1-4,8-11H,5,17H2,(H,18,19)(H,20,21)(H,22,23)(H,24,25)/t8-,9-,10-,11+,16-/m1/s1. The predicted molar refractivity (Wildman–Crippen MR) is 81.9 cm³/mol. The molecule has 0 aromatic heterocycles. The Hall–Kier alpha value is -2.94. The zero-order valence-electron chi connectivity index (χ0n) is 12.9. The van der Waals surface area contributed by atoms with Gasteiger partial charge in [-0.05, 0) is 36.6 Å². The van der Waals surface area contributed by atoms with Crippen LogP contribution in [0.15, 0.2) is 24.3 Å². The molecule has 0 spiro atoms. The molecule has 9 nitrogen and oxygen atoms in total. The third-order valence-electron chi connectivity index (χ3n) is 5.09. The van der Waals surface area contributed by atoms with Crippen molar-refractivity contribution < 1.29 is 34.5 Å². The van der Waals surface area contributed by atoms with Gasteiger partial charge in [0.05, 0.1) is 11.5 Å². The van der Waals surface area contributed by atoms with Gasteiger partial charge < -0.3 is 26.4 Å². The van der Waals surface area contributed by atoms with Gasteiger partial charge in [-0.15, -0.1) is 0 Å². The normalized spacial score (nSPS) is 32.5. The Labute approximate surface area is 141 Å². The second-order valence-electron chi connectivity index (χ2n) is 6.48. The number of nitrogens with two attached hydrogens (primary N) is 1. The summed E-state index contributed by atoms with van der Waals surface area (Å²) in [7, 11) is 0. The molecule has 0 aliphatic heterocycles. The van der Waals surface area contributed by atoms with E-state index in [1.807, 2.05) is 0 Å². The number of fused-ring (bicyclic) bond motifs is 1. The van der Waals surface area contributed by atoms with E-state index in [9.17, 15) is 29.4 Å². The molecule has 1 aromatic carbocycles.